The van der Waals surface area contributed by atoms with E-state index in [-0.39, 0.29) is 11.9 Å². The Morgan fingerprint density at radius 2 is 2.04 bits per heavy atom. The molecule has 0 bridgehead atoms. The van der Waals surface area contributed by atoms with Crippen molar-refractivity contribution in [3.8, 4) is 5.75 Å². The Bertz CT molecular complexity index is 893. The van der Waals surface area contributed by atoms with Gasteiger partial charge in [0.25, 0.3) is 0 Å². The lowest BCUT2D eigenvalue weighted by Crippen LogP contribution is -2.14. The molecule has 0 radical (unpaired) electrons. The third-order valence-electron chi connectivity index (χ3n) is 4.43. The zero-order valence-corrected chi connectivity index (χ0v) is 16.7. The first kappa shape index (κ1) is 19.5. The molecule has 3 rings (SSSR count). The highest BCUT2D eigenvalue weighted by Gasteiger charge is 2.15. The number of para-hydroxylation sites is 2. The summed E-state index contributed by atoms with van der Waals surface area (Å²) < 4.78 is 24.2. The van der Waals surface area contributed by atoms with Gasteiger partial charge in [0.2, 0.25) is 0 Å². The van der Waals surface area contributed by atoms with Crippen LogP contribution >= 0.6 is 0 Å². The van der Waals surface area contributed by atoms with E-state index in [4.69, 9.17) is 9.47 Å². The second kappa shape index (κ2) is 9.10. The fraction of sp³-hybridized carbons (Fsp3) is 0.400. The number of hydrogen-bond acceptors (Lipinski definition) is 5. The number of pyridine rings is 1. The van der Waals surface area contributed by atoms with Crippen molar-refractivity contribution in [2.24, 2.45) is 0 Å². The van der Waals surface area contributed by atoms with E-state index in [1.807, 2.05) is 44.2 Å². The zero-order valence-electron chi connectivity index (χ0n) is 15.9. The Morgan fingerprint density at radius 3 is 2.81 bits per heavy atom. The van der Waals surface area contributed by atoms with Gasteiger partial charge in [-0.05, 0) is 38.5 Å². The van der Waals surface area contributed by atoms with Gasteiger partial charge in [0, 0.05) is 11.8 Å². The highest BCUT2D eigenvalue weighted by molar-refractivity contribution is 7.84. The maximum absolute atomic E-state index is 12.7. The molecule has 0 aliphatic carbocycles. The van der Waals surface area contributed by atoms with Crippen LogP contribution in [0.15, 0.2) is 41.7 Å². The molecule has 0 saturated heterocycles. The summed E-state index contributed by atoms with van der Waals surface area (Å²) in [5.41, 5.74) is 3.33. The van der Waals surface area contributed by atoms with Gasteiger partial charge in [-0.1, -0.05) is 19.1 Å². The molecule has 144 valence electrons. The monoisotopic (exact) mass is 387 g/mol. The first-order valence-corrected chi connectivity index (χ1v) is 10.4. The van der Waals surface area contributed by atoms with E-state index in [1.54, 1.807) is 6.20 Å². The Labute approximate surface area is 161 Å². The van der Waals surface area contributed by atoms with Gasteiger partial charge in [0.1, 0.15) is 12.4 Å². The molecule has 2 unspecified atom stereocenters. The van der Waals surface area contributed by atoms with E-state index in [1.165, 1.54) is 0 Å². The van der Waals surface area contributed by atoms with Crippen molar-refractivity contribution < 1.29 is 13.7 Å². The molecule has 6 nitrogen and oxygen atoms in total. The second-order valence-electron chi connectivity index (χ2n) is 6.37. The summed E-state index contributed by atoms with van der Waals surface area (Å²) in [6.07, 6.45) is 2.89. The van der Waals surface area contributed by atoms with Crippen molar-refractivity contribution in [1.82, 2.24) is 15.0 Å². The van der Waals surface area contributed by atoms with Crippen molar-refractivity contribution in [2.75, 3.05) is 13.2 Å². The van der Waals surface area contributed by atoms with Gasteiger partial charge in [-0.2, -0.15) is 0 Å². The van der Waals surface area contributed by atoms with Gasteiger partial charge in [0.15, 0.2) is 5.16 Å². The number of aromatic nitrogens is 3. The number of imidazole rings is 1. The van der Waals surface area contributed by atoms with E-state index in [9.17, 15) is 4.21 Å². The molecule has 0 aliphatic rings. The number of nitrogens with zero attached hydrogens (tertiary/aromatic N) is 2. The van der Waals surface area contributed by atoms with Crippen molar-refractivity contribution in [1.29, 1.82) is 0 Å². The van der Waals surface area contributed by atoms with E-state index in [0.717, 1.165) is 34.5 Å². The van der Waals surface area contributed by atoms with Crippen LogP contribution in [-0.2, 0) is 21.3 Å². The number of fused-ring (bicyclic) bond motifs is 1. The molecule has 0 amide bonds. The molecule has 27 heavy (non-hydrogen) atoms. The normalized spacial score (nSPS) is 13.6. The molecule has 0 spiro atoms. The molecule has 0 aliphatic heterocycles. The average Bonchev–Trinajstić information content (AvgIpc) is 3.12. The van der Waals surface area contributed by atoms with E-state index >= 15 is 0 Å². The third kappa shape index (κ3) is 4.93. The van der Waals surface area contributed by atoms with Gasteiger partial charge in [-0.3, -0.25) is 9.19 Å². The van der Waals surface area contributed by atoms with Gasteiger partial charge in [-0.15, -0.1) is 0 Å². The number of aromatic amines is 1. The number of rotatable bonds is 9. The number of hydrogen-bond donors (Lipinski definition) is 1. The number of H-pyrrole nitrogens is 1. The molecular weight excluding hydrogens is 362 g/mol. The molecule has 1 N–H and O–H groups in total. The van der Waals surface area contributed by atoms with E-state index < -0.39 is 10.8 Å². The van der Waals surface area contributed by atoms with Crippen LogP contribution in [0.5, 0.6) is 5.75 Å². The summed E-state index contributed by atoms with van der Waals surface area (Å²) in [5.74, 6) is 1.03. The summed E-state index contributed by atoms with van der Waals surface area (Å²) in [7, 11) is -1.31. The molecule has 7 heteroatoms. The number of ether oxygens (including phenoxy) is 2. The minimum absolute atomic E-state index is 0.230. The van der Waals surface area contributed by atoms with Crippen LogP contribution in [0, 0.1) is 6.92 Å². The predicted molar refractivity (Wildman–Crippen MR) is 106 cm³/mol. The number of benzene rings is 1. The van der Waals surface area contributed by atoms with Crippen LogP contribution in [0.1, 0.15) is 31.5 Å². The van der Waals surface area contributed by atoms with Crippen LogP contribution in [0.25, 0.3) is 11.0 Å². The number of nitrogens with one attached hydrogen (secondary N) is 1. The lowest BCUT2D eigenvalue weighted by Gasteiger charge is -2.14. The van der Waals surface area contributed by atoms with Crippen LogP contribution in [0.3, 0.4) is 0 Å². The van der Waals surface area contributed by atoms with E-state index in [0.29, 0.717) is 18.4 Å². The van der Waals surface area contributed by atoms with Crippen LogP contribution in [-0.4, -0.2) is 38.5 Å². The molecule has 0 fully saturated rings. The quantitative estimate of drug-likeness (QED) is 0.566. The second-order valence-corrected chi connectivity index (χ2v) is 7.73. The summed E-state index contributed by atoms with van der Waals surface area (Å²) in [5, 5.41) is 0.464. The average molecular weight is 388 g/mol. The summed E-state index contributed by atoms with van der Waals surface area (Å²) in [4.78, 5) is 11.9. The first-order valence-electron chi connectivity index (χ1n) is 9.10. The molecular formula is C20H25N3O3S. The molecule has 2 aromatic heterocycles. The Hall–Kier alpha value is -2.25. The minimum Gasteiger partial charge on any atom is -0.491 e. The Morgan fingerprint density at radius 1 is 1.22 bits per heavy atom. The first-order chi connectivity index (χ1) is 13.1. The summed E-state index contributed by atoms with van der Waals surface area (Å²) in [6, 6.07) is 9.47. The van der Waals surface area contributed by atoms with Gasteiger partial charge in [-0.25, -0.2) is 4.98 Å². The van der Waals surface area contributed by atoms with Gasteiger partial charge >= 0.3 is 0 Å². The zero-order chi connectivity index (χ0) is 19.2. The lowest BCUT2D eigenvalue weighted by molar-refractivity contribution is 0.0425. The molecule has 2 atom stereocenters. The SMILES string of the molecule is CCC(C)OCCOc1ccnc(CS(=O)c2nc3ccccc3[nH]2)c1C. The van der Waals surface area contributed by atoms with Crippen LogP contribution < -0.4 is 4.74 Å². The lowest BCUT2D eigenvalue weighted by atomic mass is 10.2. The Kier molecular flexibility index (Phi) is 6.58. The fourth-order valence-electron chi connectivity index (χ4n) is 2.61. The van der Waals surface area contributed by atoms with Crippen LogP contribution in [0.4, 0.5) is 0 Å². The largest absolute Gasteiger partial charge is 0.491 e. The smallest absolute Gasteiger partial charge is 0.197 e. The molecule has 0 saturated carbocycles. The molecule has 1 aromatic carbocycles. The minimum atomic E-state index is -1.31. The van der Waals surface area contributed by atoms with Crippen molar-refractivity contribution in [3.05, 3.63) is 47.8 Å². The highest BCUT2D eigenvalue weighted by Crippen LogP contribution is 2.22. The van der Waals surface area contributed by atoms with Gasteiger partial charge < -0.3 is 14.5 Å². The van der Waals surface area contributed by atoms with Crippen LogP contribution in [0.2, 0.25) is 0 Å². The van der Waals surface area contributed by atoms with Gasteiger partial charge in [0.05, 0.1) is 46.0 Å². The molecule has 3 aromatic rings. The summed E-state index contributed by atoms with van der Waals surface area (Å²) in [6.45, 7) is 7.08. The predicted octanol–water partition coefficient (Wildman–Crippen LogP) is 3.77. The third-order valence-corrected chi connectivity index (χ3v) is 5.59. The standard InChI is InChI=1S/C20H25N3O3S/c1-4-14(2)25-11-12-26-19-9-10-21-18(15(19)3)13-27(24)20-22-16-7-5-6-8-17(16)23-20/h5-10,14H,4,11-13H2,1-3H3,(H,22,23). The maximum Gasteiger partial charge on any atom is 0.197 e. The van der Waals surface area contributed by atoms with Crippen molar-refractivity contribution in [2.45, 2.75) is 44.2 Å². The van der Waals surface area contributed by atoms with Crippen molar-refractivity contribution >= 4 is 21.8 Å². The topological polar surface area (TPSA) is 77.1 Å². The molecule has 2 heterocycles. The van der Waals surface area contributed by atoms with E-state index in [2.05, 4.69) is 21.9 Å². The highest BCUT2D eigenvalue weighted by atomic mass is 32.2. The summed E-state index contributed by atoms with van der Waals surface area (Å²) >= 11 is 0. The maximum atomic E-state index is 12.7. The fourth-order valence-corrected chi connectivity index (χ4v) is 3.71. The van der Waals surface area contributed by atoms with Crippen molar-refractivity contribution in [3.63, 3.8) is 0 Å². The Balaban J connectivity index is 1.65.